The van der Waals surface area contributed by atoms with Crippen molar-refractivity contribution in [3.8, 4) is 0 Å². The van der Waals surface area contributed by atoms with Crippen molar-refractivity contribution >= 4 is 5.84 Å². The maximum Gasteiger partial charge on any atom is 0.261 e. The van der Waals surface area contributed by atoms with Crippen LogP contribution in [0.15, 0.2) is 40.7 Å². The number of imidazole rings is 1. The molecule has 0 aliphatic heterocycles. The molecule has 19 heavy (non-hydrogen) atoms. The number of pyridine rings is 1. The van der Waals surface area contributed by atoms with E-state index in [9.17, 15) is 4.79 Å². The Kier molecular flexibility index (Phi) is 3.65. The van der Waals surface area contributed by atoms with Crippen molar-refractivity contribution < 1.29 is 5.21 Å². The standard InChI is InChI=1S/C12H15N5O2/c1-16-8-5-14-10(16)4-7-17-6-2-3-9(12(17)18)11(13)15-19/h2-3,5-6,8,19H,4,7H2,1H3,(H2,13,15). The average Bonchev–Trinajstić information content (AvgIpc) is 2.82. The van der Waals surface area contributed by atoms with E-state index >= 15 is 0 Å². The van der Waals surface area contributed by atoms with Gasteiger partial charge < -0.3 is 20.1 Å². The van der Waals surface area contributed by atoms with E-state index in [0.717, 1.165) is 5.82 Å². The summed E-state index contributed by atoms with van der Waals surface area (Å²) in [4.78, 5) is 16.3. The van der Waals surface area contributed by atoms with Crippen molar-refractivity contribution in [2.45, 2.75) is 13.0 Å². The Hall–Kier alpha value is -2.57. The molecule has 0 spiro atoms. The van der Waals surface area contributed by atoms with Gasteiger partial charge in [0.05, 0.1) is 5.56 Å². The second kappa shape index (κ2) is 5.38. The van der Waals surface area contributed by atoms with Gasteiger partial charge in [0, 0.05) is 38.6 Å². The topological polar surface area (TPSA) is 98.4 Å². The average molecular weight is 261 g/mol. The highest BCUT2D eigenvalue weighted by Crippen LogP contribution is 1.98. The molecule has 0 aliphatic carbocycles. The van der Waals surface area contributed by atoms with Crippen molar-refractivity contribution in [1.82, 2.24) is 14.1 Å². The molecule has 2 aromatic heterocycles. The summed E-state index contributed by atoms with van der Waals surface area (Å²) in [5.74, 6) is 0.706. The number of nitrogens with zero attached hydrogens (tertiary/aromatic N) is 4. The molecule has 2 heterocycles. The Morgan fingerprint density at radius 1 is 1.53 bits per heavy atom. The van der Waals surface area contributed by atoms with E-state index in [1.165, 1.54) is 10.6 Å². The van der Waals surface area contributed by atoms with Crippen LogP contribution in [0.4, 0.5) is 0 Å². The highest BCUT2D eigenvalue weighted by molar-refractivity contribution is 5.96. The lowest BCUT2D eigenvalue weighted by atomic mass is 10.2. The van der Waals surface area contributed by atoms with E-state index in [1.807, 2.05) is 17.8 Å². The minimum atomic E-state index is -0.285. The third-order valence-electron chi connectivity index (χ3n) is 2.90. The summed E-state index contributed by atoms with van der Waals surface area (Å²) in [7, 11) is 1.90. The lowest BCUT2D eigenvalue weighted by Gasteiger charge is -2.07. The molecule has 2 rings (SSSR count). The fourth-order valence-electron chi connectivity index (χ4n) is 1.82. The van der Waals surface area contributed by atoms with Crippen molar-refractivity contribution in [2.24, 2.45) is 17.9 Å². The molecule has 2 aromatic rings. The fraction of sp³-hybridized carbons (Fsp3) is 0.250. The summed E-state index contributed by atoms with van der Waals surface area (Å²) in [5.41, 5.74) is 5.35. The third-order valence-corrected chi connectivity index (χ3v) is 2.90. The predicted molar refractivity (Wildman–Crippen MR) is 70.1 cm³/mol. The van der Waals surface area contributed by atoms with Gasteiger partial charge in [0.15, 0.2) is 5.84 Å². The van der Waals surface area contributed by atoms with Crippen molar-refractivity contribution in [2.75, 3.05) is 0 Å². The van der Waals surface area contributed by atoms with Gasteiger partial charge >= 0.3 is 0 Å². The summed E-state index contributed by atoms with van der Waals surface area (Å²) in [6, 6.07) is 3.21. The second-order valence-corrected chi connectivity index (χ2v) is 4.11. The zero-order valence-corrected chi connectivity index (χ0v) is 10.5. The minimum absolute atomic E-state index is 0.184. The van der Waals surface area contributed by atoms with E-state index in [4.69, 9.17) is 10.9 Å². The van der Waals surface area contributed by atoms with E-state index in [0.29, 0.717) is 13.0 Å². The molecule has 0 saturated carbocycles. The first-order valence-electron chi connectivity index (χ1n) is 5.77. The zero-order valence-electron chi connectivity index (χ0n) is 10.5. The number of aryl methyl sites for hydroxylation is 3. The first-order valence-corrected chi connectivity index (χ1v) is 5.77. The van der Waals surface area contributed by atoms with Crippen LogP contribution in [0.1, 0.15) is 11.4 Å². The molecule has 0 atom stereocenters. The maximum absolute atomic E-state index is 12.1. The Bertz CT molecular complexity index is 656. The van der Waals surface area contributed by atoms with E-state index < -0.39 is 0 Å². The van der Waals surface area contributed by atoms with Crippen LogP contribution in [0.3, 0.4) is 0 Å². The van der Waals surface area contributed by atoms with Gasteiger partial charge in [-0.05, 0) is 12.1 Å². The smallest absolute Gasteiger partial charge is 0.261 e. The molecule has 0 amide bonds. The molecular formula is C12H15N5O2. The Morgan fingerprint density at radius 2 is 2.32 bits per heavy atom. The SMILES string of the molecule is Cn1ccnc1CCn1cccc(/C(N)=N/O)c1=O. The molecule has 0 aromatic carbocycles. The first kappa shape index (κ1) is 12.9. The van der Waals surface area contributed by atoms with E-state index in [-0.39, 0.29) is 17.0 Å². The van der Waals surface area contributed by atoms with Gasteiger partial charge in [-0.3, -0.25) is 4.79 Å². The van der Waals surface area contributed by atoms with Crippen LogP contribution >= 0.6 is 0 Å². The molecule has 0 aliphatic rings. The summed E-state index contributed by atoms with van der Waals surface area (Å²) in [5, 5.41) is 11.5. The Balaban J connectivity index is 2.22. The van der Waals surface area contributed by atoms with Crippen LogP contribution in [0, 0.1) is 0 Å². The van der Waals surface area contributed by atoms with Gasteiger partial charge in [-0.2, -0.15) is 0 Å². The molecule has 100 valence electrons. The summed E-state index contributed by atoms with van der Waals surface area (Å²) in [6.45, 7) is 0.482. The normalized spacial score (nSPS) is 11.7. The van der Waals surface area contributed by atoms with Gasteiger partial charge in [0.2, 0.25) is 0 Å². The van der Waals surface area contributed by atoms with Gasteiger partial charge in [-0.1, -0.05) is 5.16 Å². The van der Waals surface area contributed by atoms with Crippen LogP contribution in [-0.4, -0.2) is 25.2 Å². The number of hydrogen-bond donors (Lipinski definition) is 2. The van der Waals surface area contributed by atoms with Gasteiger partial charge in [0.1, 0.15) is 5.82 Å². The Labute approximate surface area is 109 Å². The largest absolute Gasteiger partial charge is 0.409 e. The Morgan fingerprint density at radius 3 is 2.95 bits per heavy atom. The molecule has 3 N–H and O–H groups in total. The minimum Gasteiger partial charge on any atom is -0.409 e. The highest BCUT2D eigenvalue weighted by Gasteiger charge is 2.08. The molecule has 0 saturated heterocycles. The van der Waals surface area contributed by atoms with Crippen LogP contribution < -0.4 is 11.3 Å². The quantitative estimate of drug-likeness (QED) is 0.348. The van der Waals surface area contributed by atoms with Gasteiger partial charge in [-0.15, -0.1) is 0 Å². The second-order valence-electron chi connectivity index (χ2n) is 4.11. The molecule has 0 unspecified atom stereocenters. The van der Waals surface area contributed by atoms with Crippen LogP contribution in [0.25, 0.3) is 0 Å². The third kappa shape index (κ3) is 2.65. The number of amidine groups is 1. The van der Waals surface area contributed by atoms with Crippen LogP contribution in [-0.2, 0) is 20.0 Å². The summed E-state index contributed by atoms with van der Waals surface area (Å²) >= 11 is 0. The molecule has 0 bridgehead atoms. The van der Waals surface area contributed by atoms with Crippen LogP contribution in [0.5, 0.6) is 0 Å². The number of aromatic nitrogens is 3. The molecule has 0 radical (unpaired) electrons. The zero-order chi connectivity index (χ0) is 13.8. The predicted octanol–water partition coefficient (Wildman–Crippen LogP) is -0.0810. The monoisotopic (exact) mass is 261 g/mol. The van der Waals surface area contributed by atoms with Gasteiger partial charge in [-0.25, -0.2) is 4.98 Å². The van der Waals surface area contributed by atoms with E-state index in [1.54, 1.807) is 18.5 Å². The lowest BCUT2D eigenvalue weighted by Crippen LogP contribution is -2.30. The van der Waals surface area contributed by atoms with Crippen molar-refractivity contribution in [3.63, 3.8) is 0 Å². The first-order chi connectivity index (χ1) is 9.13. The molecule has 7 nitrogen and oxygen atoms in total. The number of rotatable bonds is 4. The van der Waals surface area contributed by atoms with Crippen molar-refractivity contribution in [1.29, 1.82) is 0 Å². The van der Waals surface area contributed by atoms with Crippen LogP contribution in [0.2, 0.25) is 0 Å². The molecule has 7 heteroatoms. The summed E-state index contributed by atoms with van der Waals surface area (Å²) < 4.78 is 3.42. The van der Waals surface area contributed by atoms with Gasteiger partial charge in [0.25, 0.3) is 5.56 Å². The number of nitrogens with two attached hydrogens (primary N) is 1. The van der Waals surface area contributed by atoms with Crippen molar-refractivity contribution in [3.05, 3.63) is 52.5 Å². The van der Waals surface area contributed by atoms with E-state index in [2.05, 4.69) is 10.1 Å². The lowest BCUT2D eigenvalue weighted by molar-refractivity contribution is 0.318. The number of oxime groups is 1. The number of hydrogen-bond acceptors (Lipinski definition) is 4. The molecular weight excluding hydrogens is 246 g/mol. The summed E-state index contributed by atoms with van der Waals surface area (Å²) in [6.07, 6.45) is 5.86. The molecule has 0 fully saturated rings. The maximum atomic E-state index is 12.1. The highest BCUT2D eigenvalue weighted by atomic mass is 16.4. The fourth-order valence-corrected chi connectivity index (χ4v) is 1.82.